The summed E-state index contributed by atoms with van der Waals surface area (Å²) in [4.78, 5) is 43.0. The van der Waals surface area contributed by atoms with E-state index in [1.165, 1.54) is 0 Å². The van der Waals surface area contributed by atoms with Gasteiger partial charge in [0.1, 0.15) is 0 Å². The van der Waals surface area contributed by atoms with Crippen molar-refractivity contribution in [3.05, 3.63) is 46.1 Å². The standard InChI is InChI=1S/C19H19N3O4.Li/c1-10-8-14-16(19(26)22(10)12-5-6-12)13-4-3-7-20-17(13)11(2)18(25)21(14)9-15(23)24;/h3-4,7-8,11-12H,5-6,9H2,1-2H3,(H,23,24);/q;+1/p-1. The number of fused-ring (bicyclic) bond motifs is 3. The number of aliphatic carboxylic acids is 1. The number of aryl methyl sites for hydroxylation is 1. The minimum atomic E-state index is -1.38. The molecule has 0 saturated heterocycles. The summed E-state index contributed by atoms with van der Waals surface area (Å²) < 4.78 is 1.74. The molecule has 8 heteroatoms. The van der Waals surface area contributed by atoms with E-state index >= 15 is 0 Å². The van der Waals surface area contributed by atoms with Gasteiger partial charge in [-0.2, -0.15) is 0 Å². The Morgan fingerprint density at radius 2 is 2.04 bits per heavy atom. The zero-order chi connectivity index (χ0) is 18.6. The zero-order valence-corrected chi connectivity index (χ0v) is 15.6. The monoisotopic (exact) mass is 359 g/mol. The molecule has 2 aliphatic rings. The number of hydrogen-bond acceptors (Lipinski definition) is 5. The van der Waals surface area contributed by atoms with E-state index in [0.29, 0.717) is 28.2 Å². The summed E-state index contributed by atoms with van der Waals surface area (Å²) >= 11 is 0. The van der Waals surface area contributed by atoms with Gasteiger partial charge in [0.05, 0.1) is 35.4 Å². The maximum absolute atomic E-state index is 13.3. The van der Waals surface area contributed by atoms with Gasteiger partial charge in [0.25, 0.3) is 5.56 Å². The molecule has 3 heterocycles. The third kappa shape index (κ3) is 3.11. The van der Waals surface area contributed by atoms with E-state index in [2.05, 4.69) is 4.98 Å². The van der Waals surface area contributed by atoms with Crippen molar-refractivity contribution in [3.63, 3.8) is 0 Å². The number of carboxylic acid groups (broad SMARTS) is 1. The third-order valence-electron chi connectivity index (χ3n) is 5.06. The van der Waals surface area contributed by atoms with E-state index in [-0.39, 0.29) is 30.5 Å². The SMILES string of the molecule is Cc1cc2c(c(=O)n1C1CC1)-c1cccnc1C(C)C(=O)N2CC(=O)[O-].[Li+]. The second-order valence-corrected chi connectivity index (χ2v) is 6.91. The molecule has 2 aromatic rings. The van der Waals surface area contributed by atoms with Crippen LogP contribution in [0.15, 0.2) is 29.2 Å². The molecule has 0 N–H and O–H groups in total. The van der Waals surface area contributed by atoms with E-state index in [9.17, 15) is 19.5 Å². The number of carbonyl (C=O) groups is 2. The molecule has 1 unspecified atom stereocenters. The number of nitrogens with zero attached hydrogens (tertiary/aromatic N) is 3. The fourth-order valence-electron chi connectivity index (χ4n) is 3.72. The van der Waals surface area contributed by atoms with Crippen LogP contribution in [-0.4, -0.2) is 28.0 Å². The molecule has 1 amide bonds. The fraction of sp³-hybridized carbons (Fsp3) is 0.368. The number of hydrogen-bond donors (Lipinski definition) is 0. The van der Waals surface area contributed by atoms with E-state index in [0.717, 1.165) is 17.7 Å². The average molecular weight is 359 g/mol. The minimum Gasteiger partial charge on any atom is -0.548 e. The van der Waals surface area contributed by atoms with Crippen LogP contribution >= 0.6 is 0 Å². The quantitative estimate of drug-likeness (QED) is 0.578. The third-order valence-corrected chi connectivity index (χ3v) is 5.06. The number of carbonyl (C=O) groups excluding carboxylic acids is 2. The van der Waals surface area contributed by atoms with Gasteiger partial charge in [-0.3, -0.25) is 14.6 Å². The Labute approximate surface area is 168 Å². The first-order chi connectivity index (χ1) is 12.4. The summed E-state index contributed by atoms with van der Waals surface area (Å²) in [6, 6.07) is 5.38. The van der Waals surface area contributed by atoms with Gasteiger partial charge >= 0.3 is 18.9 Å². The van der Waals surface area contributed by atoms with E-state index < -0.39 is 24.3 Å². The second kappa shape index (κ2) is 6.99. The topological polar surface area (TPSA) is 95.3 Å². The molecule has 1 fully saturated rings. The average Bonchev–Trinajstić information content (AvgIpc) is 3.42. The summed E-state index contributed by atoms with van der Waals surface area (Å²) in [6.45, 7) is 2.88. The van der Waals surface area contributed by atoms with Crippen LogP contribution in [0.5, 0.6) is 0 Å². The molecule has 1 aliphatic carbocycles. The van der Waals surface area contributed by atoms with E-state index in [1.54, 1.807) is 42.8 Å². The normalized spacial score (nSPS) is 18.2. The van der Waals surface area contributed by atoms with Crippen LogP contribution < -0.4 is 34.4 Å². The molecule has 0 bridgehead atoms. The van der Waals surface area contributed by atoms with Crippen molar-refractivity contribution >= 4 is 17.6 Å². The van der Waals surface area contributed by atoms with Crippen molar-refractivity contribution < 1.29 is 33.6 Å². The van der Waals surface area contributed by atoms with Crippen molar-refractivity contribution in [1.82, 2.24) is 9.55 Å². The summed E-state index contributed by atoms with van der Waals surface area (Å²) in [6.07, 6.45) is 3.46. The molecular formula is C19H18LiN3O4. The zero-order valence-electron chi connectivity index (χ0n) is 15.6. The molecule has 134 valence electrons. The summed E-state index contributed by atoms with van der Waals surface area (Å²) in [5, 5.41) is 11.3. The van der Waals surface area contributed by atoms with Gasteiger partial charge in [-0.25, -0.2) is 0 Å². The first-order valence-electron chi connectivity index (χ1n) is 8.62. The number of carboxylic acids is 1. The summed E-state index contributed by atoms with van der Waals surface area (Å²) in [5.74, 6) is -2.44. The maximum Gasteiger partial charge on any atom is 1.00 e. The van der Waals surface area contributed by atoms with Gasteiger partial charge in [-0.1, -0.05) is 6.07 Å². The second-order valence-electron chi connectivity index (χ2n) is 6.91. The molecule has 4 rings (SSSR count). The Morgan fingerprint density at radius 1 is 1.33 bits per heavy atom. The van der Waals surface area contributed by atoms with Crippen molar-refractivity contribution in [3.8, 4) is 11.1 Å². The van der Waals surface area contributed by atoms with Crippen molar-refractivity contribution in [2.75, 3.05) is 11.4 Å². The number of anilines is 1. The molecule has 1 aliphatic heterocycles. The Morgan fingerprint density at radius 3 is 2.67 bits per heavy atom. The molecule has 2 aromatic heterocycles. The van der Waals surface area contributed by atoms with Crippen LogP contribution in [0.1, 0.15) is 43.1 Å². The molecular weight excluding hydrogens is 341 g/mol. The van der Waals surface area contributed by atoms with Gasteiger partial charge < -0.3 is 19.4 Å². The predicted molar refractivity (Wildman–Crippen MR) is 92.7 cm³/mol. The van der Waals surface area contributed by atoms with Gasteiger partial charge in [0.2, 0.25) is 5.91 Å². The molecule has 27 heavy (non-hydrogen) atoms. The molecule has 0 aromatic carbocycles. The van der Waals surface area contributed by atoms with Crippen molar-refractivity contribution in [2.45, 2.75) is 38.6 Å². The van der Waals surface area contributed by atoms with Gasteiger partial charge in [-0.05, 0) is 38.8 Å². The largest absolute Gasteiger partial charge is 1.00 e. The van der Waals surface area contributed by atoms with Crippen molar-refractivity contribution in [1.29, 1.82) is 0 Å². The number of pyridine rings is 2. The number of rotatable bonds is 3. The van der Waals surface area contributed by atoms with Gasteiger partial charge in [0.15, 0.2) is 0 Å². The van der Waals surface area contributed by atoms with E-state index in [1.807, 2.05) is 0 Å². The molecule has 7 nitrogen and oxygen atoms in total. The van der Waals surface area contributed by atoms with Gasteiger partial charge in [-0.15, -0.1) is 0 Å². The van der Waals surface area contributed by atoms with Crippen LogP contribution in [0.2, 0.25) is 0 Å². The molecule has 1 saturated carbocycles. The number of amides is 1. The smallest absolute Gasteiger partial charge is 0.548 e. The molecule has 0 radical (unpaired) electrons. The molecule has 1 atom stereocenters. The predicted octanol–water partition coefficient (Wildman–Crippen LogP) is -2.24. The molecule has 0 spiro atoms. The maximum atomic E-state index is 13.3. The van der Waals surface area contributed by atoms with Crippen LogP contribution in [0.25, 0.3) is 11.1 Å². The van der Waals surface area contributed by atoms with Crippen LogP contribution in [0.4, 0.5) is 5.69 Å². The van der Waals surface area contributed by atoms with Crippen LogP contribution in [0, 0.1) is 6.92 Å². The Balaban J connectivity index is 0.00000210. The Kier molecular flexibility index (Phi) is 5.02. The van der Waals surface area contributed by atoms with Gasteiger partial charge in [0, 0.05) is 23.5 Å². The van der Waals surface area contributed by atoms with E-state index in [4.69, 9.17) is 0 Å². The van der Waals surface area contributed by atoms with Crippen LogP contribution in [0.3, 0.4) is 0 Å². The summed E-state index contributed by atoms with van der Waals surface area (Å²) in [7, 11) is 0. The first kappa shape index (κ1) is 19.4. The minimum absolute atomic E-state index is 0. The van der Waals surface area contributed by atoms with Crippen LogP contribution in [-0.2, 0) is 9.59 Å². The Bertz CT molecular complexity index is 997. The number of aromatic nitrogens is 2. The Hall–Kier alpha value is -2.36. The summed E-state index contributed by atoms with van der Waals surface area (Å²) in [5.41, 5.74) is 2.24. The van der Waals surface area contributed by atoms with Crippen molar-refractivity contribution in [2.24, 2.45) is 0 Å². The fourth-order valence-corrected chi connectivity index (χ4v) is 3.72. The first-order valence-corrected chi connectivity index (χ1v) is 8.62.